The minimum atomic E-state index is -0.638. The zero-order chi connectivity index (χ0) is 28.9. The fraction of sp³-hybridized carbons (Fsp3) is 0.719. The van der Waals surface area contributed by atoms with Gasteiger partial charge in [-0.05, 0) is 44.6 Å². The summed E-state index contributed by atoms with van der Waals surface area (Å²) in [6.07, 6.45) is 7.46. The molecule has 3 amide bonds. The Kier molecular flexibility index (Phi) is 9.86. The maximum atomic E-state index is 14.5. The molecule has 0 unspecified atom stereocenters. The van der Waals surface area contributed by atoms with E-state index in [0.29, 0.717) is 39.1 Å². The number of hydrogen-bond acceptors (Lipinski definition) is 6. The van der Waals surface area contributed by atoms with Gasteiger partial charge in [-0.2, -0.15) is 0 Å². The maximum Gasteiger partial charge on any atom is 0.246 e. The van der Waals surface area contributed by atoms with Gasteiger partial charge in [0.05, 0.1) is 18.8 Å². The number of fused-ring (bicyclic) bond motifs is 2. The summed E-state index contributed by atoms with van der Waals surface area (Å²) in [6, 6.07) is 6.55. The molecular weight excluding hydrogens is 520 g/mol. The summed E-state index contributed by atoms with van der Waals surface area (Å²) in [7, 11) is 0. The van der Waals surface area contributed by atoms with Crippen LogP contribution in [0.3, 0.4) is 0 Å². The highest BCUT2D eigenvalue weighted by atomic mass is 16.5. The molecule has 2 N–H and O–H groups in total. The molecule has 0 radical (unpaired) electrons. The van der Waals surface area contributed by atoms with Crippen LogP contribution in [0.4, 0.5) is 0 Å². The third kappa shape index (κ3) is 6.72. The molecule has 3 heterocycles. The Labute approximate surface area is 244 Å². The second-order valence-corrected chi connectivity index (χ2v) is 12.4. The van der Waals surface area contributed by atoms with Crippen LogP contribution in [0.2, 0.25) is 0 Å². The Morgan fingerprint density at radius 1 is 1.05 bits per heavy atom. The molecule has 6 atom stereocenters. The van der Waals surface area contributed by atoms with Crippen LogP contribution in [0.5, 0.6) is 5.75 Å². The average Bonchev–Trinajstić information content (AvgIpc) is 3.40. The zero-order valence-corrected chi connectivity index (χ0v) is 25.0. The van der Waals surface area contributed by atoms with Gasteiger partial charge in [-0.3, -0.25) is 19.3 Å². The largest absolute Gasteiger partial charge is 0.493 e. The zero-order valence-electron chi connectivity index (χ0n) is 25.0. The number of para-hydroxylation sites is 1. The summed E-state index contributed by atoms with van der Waals surface area (Å²) in [6.45, 7) is 8.78. The number of piperazine rings is 1. The first-order valence-electron chi connectivity index (χ1n) is 15.9. The number of nitrogens with one attached hydrogen (secondary N) is 2. The average molecular weight is 569 g/mol. The first kappa shape index (κ1) is 29.8. The Morgan fingerprint density at radius 3 is 2.59 bits per heavy atom. The number of amides is 3. The van der Waals surface area contributed by atoms with Crippen molar-refractivity contribution in [3.8, 4) is 5.75 Å². The minimum absolute atomic E-state index is 0.0767. The van der Waals surface area contributed by atoms with Crippen LogP contribution in [0.15, 0.2) is 24.3 Å². The number of hydrogen-bond donors (Lipinski definition) is 2. The van der Waals surface area contributed by atoms with Crippen LogP contribution < -0.4 is 15.4 Å². The predicted molar refractivity (Wildman–Crippen MR) is 156 cm³/mol. The van der Waals surface area contributed by atoms with Crippen molar-refractivity contribution < 1.29 is 23.9 Å². The van der Waals surface area contributed by atoms with Crippen molar-refractivity contribution in [2.24, 2.45) is 11.8 Å². The van der Waals surface area contributed by atoms with Gasteiger partial charge in [0.2, 0.25) is 17.7 Å². The van der Waals surface area contributed by atoms with Gasteiger partial charge in [0.15, 0.2) is 0 Å². The molecule has 9 heteroatoms. The molecule has 3 fully saturated rings. The summed E-state index contributed by atoms with van der Waals surface area (Å²) in [5.74, 6) is 0.389. The summed E-state index contributed by atoms with van der Waals surface area (Å²) in [5.41, 5.74) is 0.970. The van der Waals surface area contributed by atoms with Gasteiger partial charge in [-0.1, -0.05) is 51.3 Å². The van der Waals surface area contributed by atoms with Gasteiger partial charge in [0, 0.05) is 50.2 Å². The molecule has 1 aromatic carbocycles. The third-order valence-corrected chi connectivity index (χ3v) is 9.69. The van der Waals surface area contributed by atoms with Gasteiger partial charge < -0.3 is 25.0 Å². The lowest BCUT2D eigenvalue weighted by molar-refractivity contribution is -0.149. The van der Waals surface area contributed by atoms with Crippen LogP contribution in [-0.2, 0) is 19.1 Å². The van der Waals surface area contributed by atoms with Crippen molar-refractivity contribution in [1.29, 1.82) is 0 Å². The Morgan fingerprint density at radius 2 is 1.83 bits per heavy atom. The van der Waals surface area contributed by atoms with Crippen molar-refractivity contribution in [2.45, 2.75) is 102 Å². The van der Waals surface area contributed by atoms with Gasteiger partial charge in [0.1, 0.15) is 17.8 Å². The highest BCUT2D eigenvalue weighted by Crippen LogP contribution is 2.34. The topological polar surface area (TPSA) is 100 Å². The van der Waals surface area contributed by atoms with Crippen molar-refractivity contribution >= 4 is 17.7 Å². The lowest BCUT2D eigenvalue weighted by atomic mass is 9.82. The second-order valence-electron chi connectivity index (χ2n) is 12.4. The first-order valence-corrected chi connectivity index (χ1v) is 15.9. The lowest BCUT2D eigenvalue weighted by Crippen LogP contribution is -2.66. The molecule has 1 aromatic rings. The molecule has 1 aliphatic carbocycles. The summed E-state index contributed by atoms with van der Waals surface area (Å²) >= 11 is 0. The van der Waals surface area contributed by atoms with Gasteiger partial charge in [0.25, 0.3) is 0 Å². The van der Waals surface area contributed by atoms with Crippen LogP contribution in [-0.4, -0.2) is 84.6 Å². The molecule has 0 aromatic heterocycles. The number of benzene rings is 1. The monoisotopic (exact) mass is 568 g/mol. The van der Waals surface area contributed by atoms with Gasteiger partial charge >= 0.3 is 0 Å². The molecule has 9 nitrogen and oxygen atoms in total. The summed E-state index contributed by atoms with van der Waals surface area (Å²) < 4.78 is 11.8. The molecule has 5 rings (SSSR count). The summed E-state index contributed by atoms with van der Waals surface area (Å²) in [5, 5.41) is 6.43. The van der Waals surface area contributed by atoms with Crippen LogP contribution in [0.1, 0.15) is 83.7 Å². The maximum absolute atomic E-state index is 14.5. The molecule has 0 spiro atoms. The second kappa shape index (κ2) is 13.6. The Balaban J connectivity index is 1.40. The normalized spacial score (nSPS) is 28.1. The fourth-order valence-corrected chi connectivity index (χ4v) is 7.12. The number of carbonyl (C=O) groups excluding carboxylic acids is 3. The van der Waals surface area contributed by atoms with E-state index in [2.05, 4.69) is 15.5 Å². The van der Waals surface area contributed by atoms with Gasteiger partial charge in [-0.15, -0.1) is 0 Å². The number of carbonyl (C=O) groups is 3. The van der Waals surface area contributed by atoms with E-state index in [0.717, 1.165) is 56.4 Å². The number of nitrogens with zero attached hydrogens (tertiary/aromatic N) is 2. The molecule has 3 aliphatic heterocycles. The van der Waals surface area contributed by atoms with E-state index in [1.165, 1.54) is 0 Å². The van der Waals surface area contributed by atoms with E-state index < -0.39 is 12.1 Å². The highest BCUT2D eigenvalue weighted by Gasteiger charge is 2.47. The molecule has 0 bridgehead atoms. The van der Waals surface area contributed by atoms with E-state index in [4.69, 9.17) is 9.47 Å². The lowest BCUT2D eigenvalue weighted by Gasteiger charge is -2.45. The van der Waals surface area contributed by atoms with Crippen LogP contribution in [0.25, 0.3) is 0 Å². The standard InChI is InChI=1S/C32H48N4O5/c1-4-21(3)30(37)34-29(22-11-7-6-8-12-22)32(39)36-18-23-17-24(40-5-2)19-35(23)20-27(36)31(38)33-26-15-16-41-28-14-10-9-13-25(26)28/h9-10,13-14,21-24,26-27,29H,4-8,11-12,15-20H2,1-3H3,(H,33,38)(H,34,37)/t21-,23-,24-,26-,27+,29+/m1/s1. The van der Waals surface area contributed by atoms with Crippen molar-refractivity contribution in [2.75, 3.05) is 32.8 Å². The quantitative estimate of drug-likeness (QED) is 0.474. The first-order chi connectivity index (χ1) is 19.9. The summed E-state index contributed by atoms with van der Waals surface area (Å²) in [4.78, 5) is 45.8. The van der Waals surface area contributed by atoms with Crippen molar-refractivity contribution in [1.82, 2.24) is 20.4 Å². The van der Waals surface area contributed by atoms with Crippen LogP contribution in [0, 0.1) is 11.8 Å². The smallest absolute Gasteiger partial charge is 0.246 e. The fourth-order valence-electron chi connectivity index (χ4n) is 7.12. The molecule has 1 saturated carbocycles. The Hall–Kier alpha value is -2.65. The molecule has 226 valence electrons. The van der Waals surface area contributed by atoms with Crippen molar-refractivity contribution in [3.05, 3.63) is 29.8 Å². The van der Waals surface area contributed by atoms with E-state index in [-0.39, 0.29) is 47.7 Å². The van der Waals surface area contributed by atoms with Crippen LogP contribution >= 0.6 is 0 Å². The third-order valence-electron chi connectivity index (χ3n) is 9.69. The molecular formula is C32H48N4O5. The predicted octanol–water partition coefficient (Wildman–Crippen LogP) is 3.43. The minimum Gasteiger partial charge on any atom is -0.493 e. The van der Waals surface area contributed by atoms with E-state index in [1.54, 1.807) is 4.90 Å². The molecule has 41 heavy (non-hydrogen) atoms. The number of rotatable bonds is 9. The van der Waals surface area contributed by atoms with E-state index in [1.807, 2.05) is 45.0 Å². The number of ether oxygens (including phenoxy) is 2. The van der Waals surface area contributed by atoms with Gasteiger partial charge in [-0.25, -0.2) is 0 Å². The SMILES string of the molecule is CCO[C@@H]1C[C@@H]2CN(C(=O)[C@@H](NC(=O)[C@H](C)CC)C3CCCCC3)[C@H](C(=O)N[C@@H]3CCOc4ccccc43)CN2C1. The van der Waals surface area contributed by atoms with Crippen molar-refractivity contribution in [3.63, 3.8) is 0 Å². The molecule has 2 saturated heterocycles. The highest BCUT2D eigenvalue weighted by molar-refractivity contribution is 5.93. The Bertz CT molecular complexity index is 1080. The molecule has 4 aliphatic rings. The van der Waals surface area contributed by atoms with E-state index >= 15 is 0 Å². The van der Waals surface area contributed by atoms with E-state index in [9.17, 15) is 14.4 Å².